The number of hydrogen-bond acceptors (Lipinski definition) is 4. The number of rotatable bonds is 1. The zero-order valence-corrected chi connectivity index (χ0v) is 7.36. The summed E-state index contributed by atoms with van der Waals surface area (Å²) in [6.07, 6.45) is 6.04. The minimum atomic E-state index is 0.0839. The number of hydrogen-bond donors (Lipinski definition) is 0. The Morgan fingerprint density at radius 2 is 2.08 bits per heavy atom. The molecule has 13 heavy (non-hydrogen) atoms. The average Bonchev–Trinajstić information content (AvgIpc) is 2.67. The SMILES string of the molecule is N#Cc1nc(C2CCCCC2)no1. The normalized spacial score (nSPS) is 18.4. The van der Waals surface area contributed by atoms with Gasteiger partial charge >= 0.3 is 5.89 Å². The highest BCUT2D eigenvalue weighted by atomic mass is 16.5. The van der Waals surface area contributed by atoms with E-state index in [0.717, 1.165) is 18.7 Å². The molecule has 2 rings (SSSR count). The summed E-state index contributed by atoms with van der Waals surface area (Å²) in [4.78, 5) is 4.01. The van der Waals surface area contributed by atoms with E-state index in [2.05, 4.69) is 10.1 Å². The van der Waals surface area contributed by atoms with E-state index in [1.54, 1.807) is 0 Å². The molecule has 0 spiro atoms. The van der Waals surface area contributed by atoms with Crippen LogP contribution >= 0.6 is 0 Å². The van der Waals surface area contributed by atoms with Crippen molar-refractivity contribution in [2.24, 2.45) is 0 Å². The Kier molecular flexibility index (Phi) is 2.26. The highest BCUT2D eigenvalue weighted by Crippen LogP contribution is 2.30. The Balaban J connectivity index is 2.11. The third-order valence-electron chi connectivity index (χ3n) is 2.51. The van der Waals surface area contributed by atoms with Gasteiger partial charge < -0.3 is 4.52 Å². The first-order valence-corrected chi connectivity index (χ1v) is 4.64. The van der Waals surface area contributed by atoms with Crippen molar-refractivity contribution >= 4 is 0 Å². The maximum Gasteiger partial charge on any atom is 0.329 e. The fourth-order valence-corrected chi connectivity index (χ4v) is 1.81. The highest BCUT2D eigenvalue weighted by Gasteiger charge is 2.20. The molecule has 1 heterocycles. The van der Waals surface area contributed by atoms with Gasteiger partial charge in [-0.05, 0) is 12.8 Å². The summed E-state index contributed by atoms with van der Waals surface area (Å²) >= 11 is 0. The van der Waals surface area contributed by atoms with Crippen molar-refractivity contribution in [3.05, 3.63) is 11.7 Å². The maximum absolute atomic E-state index is 8.50. The van der Waals surface area contributed by atoms with E-state index in [-0.39, 0.29) is 5.89 Å². The van der Waals surface area contributed by atoms with Crippen LogP contribution in [0.25, 0.3) is 0 Å². The average molecular weight is 177 g/mol. The molecule has 68 valence electrons. The summed E-state index contributed by atoms with van der Waals surface area (Å²) in [7, 11) is 0. The molecule has 0 aromatic carbocycles. The number of nitrogens with zero attached hydrogens (tertiary/aromatic N) is 3. The van der Waals surface area contributed by atoms with Gasteiger partial charge in [-0.1, -0.05) is 24.4 Å². The molecule has 1 saturated carbocycles. The lowest BCUT2D eigenvalue weighted by molar-refractivity contribution is 0.374. The smallest absolute Gasteiger partial charge is 0.323 e. The number of aromatic nitrogens is 2. The monoisotopic (exact) mass is 177 g/mol. The first kappa shape index (κ1) is 8.24. The molecule has 4 heteroatoms. The van der Waals surface area contributed by atoms with Crippen LogP contribution < -0.4 is 0 Å². The Bertz CT molecular complexity index is 320. The van der Waals surface area contributed by atoms with Crippen LogP contribution in [-0.2, 0) is 0 Å². The van der Waals surface area contributed by atoms with Crippen molar-refractivity contribution in [2.45, 2.75) is 38.0 Å². The summed E-state index contributed by atoms with van der Waals surface area (Å²) in [5, 5.41) is 12.3. The van der Waals surface area contributed by atoms with Gasteiger partial charge in [0.2, 0.25) is 0 Å². The molecule has 0 bridgehead atoms. The van der Waals surface area contributed by atoms with Crippen LogP contribution in [0.2, 0.25) is 0 Å². The molecule has 0 unspecified atom stereocenters. The van der Waals surface area contributed by atoms with Crippen LogP contribution in [0.4, 0.5) is 0 Å². The summed E-state index contributed by atoms with van der Waals surface area (Å²) in [5.41, 5.74) is 0. The second kappa shape index (κ2) is 3.56. The molecule has 1 aromatic heterocycles. The third kappa shape index (κ3) is 1.69. The molecule has 0 saturated heterocycles. The van der Waals surface area contributed by atoms with Crippen molar-refractivity contribution in [1.29, 1.82) is 5.26 Å². The lowest BCUT2D eigenvalue weighted by Gasteiger charge is -2.17. The molecule has 1 aromatic rings. The second-order valence-corrected chi connectivity index (χ2v) is 3.40. The summed E-state index contributed by atoms with van der Waals surface area (Å²) in [6.45, 7) is 0. The minimum Gasteiger partial charge on any atom is -0.323 e. The Morgan fingerprint density at radius 1 is 1.31 bits per heavy atom. The maximum atomic E-state index is 8.50. The van der Waals surface area contributed by atoms with Gasteiger partial charge in [-0.2, -0.15) is 10.2 Å². The van der Waals surface area contributed by atoms with Gasteiger partial charge in [0.05, 0.1) is 0 Å². The Labute approximate surface area is 76.6 Å². The predicted molar refractivity (Wildman–Crippen MR) is 44.8 cm³/mol. The van der Waals surface area contributed by atoms with E-state index in [1.165, 1.54) is 19.3 Å². The zero-order chi connectivity index (χ0) is 9.10. The Hall–Kier alpha value is -1.37. The minimum absolute atomic E-state index is 0.0839. The molecule has 0 amide bonds. The van der Waals surface area contributed by atoms with Crippen LogP contribution in [0.3, 0.4) is 0 Å². The summed E-state index contributed by atoms with van der Waals surface area (Å²) in [6, 6.07) is 1.85. The first-order chi connectivity index (χ1) is 6.40. The lowest BCUT2D eigenvalue weighted by Crippen LogP contribution is -2.06. The summed E-state index contributed by atoms with van der Waals surface area (Å²) in [5.74, 6) is 1.22. The van der Waals surface area contributed by atoms with Crippen LogP contribution in [0.1, 0.15) is 49.7 Å². The van der Waals surface area contributed by atoms with Crippen LogP contribution in [0.5, 0.6) is 0 Å². The highest BCUT2D eigenvalue weighted by molar-refractivity contribution is 5.07. The molecule has 1 aliphatic rings. The molecular formula is C9H11N3O. The third-order valence-corrected chi connectivity index (χ3v) is 2.51. The molecular weight excluding hydrogens is 166 g/mol. The van der Waals surface area contributed by atoms with E-state index in [9.17, 15) is 0 Å². The van der Waals surface area contributed by atoms with Crippen LogP contribution in [0.15, 0.2) is 4.52 Å². The van der Waals surface area contributed by atoms with E-state index in [4.69, 9.17) is 9.78 Å². The topological polar surface area (TPSA) is 62.7 Å². The molecule has 0 N–H and O–H groups in total. The number of nitriles is 1. The van der Waals surface area contributed by atoms with E-state index in [1.807, 2.05) is 6.07 Å². The molecule has 0 atom stereocenters. The van der Waals surface area contributed by atoms with Gasteiger partial charge in [0.1, 0.15) is 0 Å². The van der Waals surface area contributed by atoms with Gasteiger partial charge in [-0.3, -0.25) is 0 Å². The summed E-state index contributed by atoms with van der Waals surface area (Å²) < 4.78 is 4.74. The van der Waals surface area contributed by atoms with Gasteiger partial charge in [0, 0.05) is 5.92 Å². The van der Waals surface area contributed by atoms with E-state index >= 15 is 0 Å². The van der Waals surface area contributed by atoms with E-state index in [0.29, 0.717) is 5.92 Å². The van der Waals surface area contributed by atoms with Gasteiger partial charge in [0.15, 0.2) is 11.9 Å². The van der Waals surface area contributed by atoms with Gasteiger partial charge in [0.25, 0.3) is 0 Å². The van der Waals surface area contributed by atoms with Crippen molar-refractivity contribution in [3.8, 4) is 6.07 Å². The Morgan fingerprint density at radius 3 is 2.69 bits per heavy atom. The first-order valence-electron chi connectivity index (χ1n) is 4.64. The van der Waals surface area contributed by atoms with Crippen LogP contribution in [0, 0.1) is 11.3 Å². The quantitative estimate of drug-likeness (QED) is 0.658. The molecule has 1 aliphatic carbocycles. The predicted octanol–water partition coefficient (Wildman–Crippen LogP) is 1.99. The zero-order valence-electron chi connectivity index (χ0n) is 7.36. The van der Waals surface area contributed by atoms with Crippen molar-refractivity contribution < 1.29 is 4.52 Å². The molecule has 0 radical (unpaired) electrons. The fraction of sp³-hybridized carbons (Fsp3) is 0.667. The van der Waals surface area contributed by atoms with E-state index < -0.39 is 0 Å². The molecule has 4 nitrogen and oxygen atoms in total. The molecule has 0 aliphatic heterocycles. The van der Waals surface area contributed by atoms with Crippen molar-refractivity contribution in [3.63, 3.8) is 0 Å². The van der Waals surface area contributed by atoms with Gasteiger partial charge in [-0.25, -0.2) is 0 Å². The van der Waals surface area contributed by atoms with Crippen molar-refractivity contribution in [2.75, 3.05) is 0 Å². The fourth-order valence-electron chi connectivity index (χ4n) is 1.81. The van der Waals surface area contributed by atoms with Crippen molar-refractivity contribution in [1.82, 2.24) is 10.1 Å². The lowest BCUT2D eigenvalue weighted by atomic mass is 9.89. The molecule has 1 fully saturated rings. The standard InChI is InChI=1S/C9H11N3O/c10-6-8-11-9(12-13-8)7-4-2-1-3-5-7/h7H,1-5H2. The van der Waals surface area contributed by atoms with Gasteiger partial charge in [-0.15, -0.1) is 0 Å². The van der Waals surface area contributed by atoms with Crippen LogP contribution in [-0.4, -0.2) is 10.1 Å². The largest absolute Gasteiger partial charge is 0.329 e. The second-order valence-electron chi connectivity index (χ2n) is 3.40.